The van der Waals surface area contributed by atoms with Gasteiger partial charge in [0.05, 0.1) is 12.7 Å². The topological polar surface area (TPSA) is 0 Å². The van der Waals surface area contributed by atoms with Crippen LogP contribution < -0.4 is 5.22 Å². The number of hydrogen-bond donors (Lipinski definition) is 0. The van der Waals surface area contributed by atoms with Gasteiger partial charge < -0.3 is 0 Å². The van der Waals surface area contributed by atoms with E-state index in [0.717, 1.165) is 0 Å². The second-order valence-corrected chi connectivity index (χ2v) is 10.6. The van der Waals surface area contributed by atoms with Gasteiger partial charge in [-0.3, -0.25) is 0 Å². The Balaban J connectivity index is 2.00. The van der Waals surface area contributed by atoms with Crippen LogP contribution >= 0.6 is 47.0 Å². The van der Waals surface area contributed by atoms with Crippen molar-refractivity contribution in [1.29, 1.82) is 0 Å². The van der Waals surface area contributed by atoms with Crippen molar-refractivity contribution in [2.24, 2.45) is 0 Å². The predicted molar refractivity (Wildman–Crippen MR) is 127 cm³/mol. The predicted octanol–water partition coefficient (Wildman–Crippen LogP) is 7.26. The summed E-state index contributed by atoms with van der Waals surface area (Å²) in [6.07, 6.45) is 4.36. The Labute approximate surface area is 169 Å². The van der Waals surface area contributed by atoms with E-state index in [-0.39, 0.29) is 0 Å². The summed E-state index contributed by atoms with van der Waals surface area (Å²) in [6, 6.07) is 22.2. The highest BCUT2D eigenvalue weighted by Gasteiger charge is 2.22. The highest BCUT2D eigenvalue weighted by molar-refractivity contribution is 8.45. The Morgan fingerprint density at radius 1 is 0.615 bits per heavy atom. The van der Waals surface area contributed by atoms with Gasteiger partial charge in [0.25, 0.3) is 0 Å². The fourth-order valence-electron chi connectivity index (χ4n) is 3.70. The van der Waals surface area contributed by atoms with Crippen LogP contribution in [0, 0.1) is 0 Å². The second-order valence-electron chi connectivity index (χ2n) is 6.10. The number of rotatable bonds is 2. The minimum Gasteiger partial charge on any atom is -0.121 e. The van der Waals surface area contributed by atoms with Crippen molar-refractivity contribution in [3.63, 3.8) is 0 Å². The van der Waals surface area contributed by atoms with Crippen LogP contribution in [0.2, 0.25) is 0 Å². The quantitative estimate of drug-likeness (QED) is 0.253. The Bertz CT molecular complexity index is 1230. The highest BCUT2D eigenvalue weighted by Crippen LogP contribution is 2.57. The van der Waals surface area contributed by atoms with Gasteiger partial charge in [-0.15, -0.1) is 23.5 Å². The van der Waals surface area contributed by atoms with Crippen LogP contribution in [0.4, 0.5) is 0 Å². The number of benzene rings is 4. The van der Waals surface area contributed by atoms with Crippen molar-refractivity contribution in [1.82, 2.24) is 0 Å². The molecule has 0 saturated heterocycles. The Hall–Kier alpha value is -1.20. The van der Waals surface area contributed by atoms with Crippen molar-refractivity contribution >= 4 is 83.6 Å². The van der Waals surface area contributed by atoms with E-state index in [1.807, 2.05) is 47.0 Å². The van der Waals surface area contributed by atoms with Crippen LogP contribution in [0.5, 0.6) is 0 Å². The van der Waals surface area contributed by atoms with Crippen molar-refractivity contribution in [3.8, 4) is 0 Å². The van der Waals surface area contributed by atoms with Gasteiger partial charge in [-0.05, 0) is 44.8 Å². The molecular weight excluding hydrogens is 393 g/mol. The zero-order valence-electron chi connectivity index (χ0n) is 14.4. The van der Waals surface area contributed by atoms with E-state index in [1.54, 1.807) is 0 Å². The molecule has 0 bridgehead atoms. The lowest BCUT2D eigenvalue weighted by molar-refractivity contribution is 1.74. The maximum absolute atomic E-state index is 2.29. The fourth-order valence-corrected chi connectivity index (χ4v) is 8.83. The minimum absolute atomic E-state index is 1.32. The Morgan fingerprint density at radius 2 is 1.19 bits per heavy atom. The van der Waals surface area contributed by atoms with Gasteiger partial charge in [-0.1, -0.05) is 84.2 Å². The zero-order chi connectivity index (χ0) is 17.7. The van der Waals surface area contributed by atoms with Crippen LogP contribution in [-0.2, 0) is 0 Å². The molecule has 0 aromatic heterocycles. The zero-order valence-corrected chi connectivity index (χ0v) is 17.7. The molecule has 0 saturated carbocycles. The highest BCUT2D eigenvalue weighted by atomic mass is 32.3. The number of hydrogen-bond acceptors (Lipinski definition) is 4. The summed E-state index contributed by atoms with van der Waals surface area (Å²) < 4.78 is 4.26. The molecule has 0 unspecified atom stereocenters. The molecule has 0 fully saturated rings. The first-order valence-electron chi connectivity index (χ1n) is 8.36. The summed E-state index contributed by atoms with van der Waals surface area (Å²) in [6.45, 7) is 0. The molecule has 0 nitrogen and oxygen atoms in total. The molecule has 0 radical (unpaired) electrons. The Kier molecular flexibility index (Phi) is 4.40. The molecule has 0 atom stereocenters. The second kappa shape index (κ2) is 6.75. The number of fused-ring (bicyclic) bond motifs is 2. The average molecular weight is 409 g/mol. The monoisotopic (exact) mass is 408 g/mol. The van der Waals surface area contributed by atoms with Gasteiger partial charge in [0, 0.05) is 5.22 Å². The fraction of sp³-hybridized carbons (Fsp3) is 0.0909. The SMILES string of the molecule is CSC1=C(SC)SC(=c2c3ccccc3c3cccc4cccc2c43)S1. The van der Waals surface area contributed by atoms with Gasteiger partial charge in [0.2, 0.25) is 0 Å². The molecule has 1 aliphatic heterocycles. The van der Waals surface area contributed by atoms with Gasteiger partial charge in [0.15, 0.2) is 0 Å². The molecule has 1 heterocycles. The molecule has 0 N–H and O–H groups in total. The first-order valence-corrected chi connectivity index (χ1v) is 12.4. The summed E-state index contributed by atoms with van der Waals surface area (Å²) in [7, 11) is 0. The molecule has 0 aliphatic carbocycles. The lowest BCUT2D eigenvalue weighted by atomic mass is 9.94. The third-order valence-corrected chi connectivity index (χ3v) is 10.00. The third-order valence-electron chi connectivity index (χ3n) is 4.77. The smallest absolute Gasteiger partial charge is 0.0657 e. The maximum Gasteiger partial charge on any atom is 0.0657 e. The van der Waals surface area contributed by atoms with Crippen molar-refractivity contribution in [2.75, 3.05) is 12.5 Å². The first kappa shape index (κ1) is 16.9. The van der Waals surface area contributed by atoms with E-state index < -0.39 is 0 Å². The van der Waals surface area contributed by atoms with E-state index in [9.17, 15) is 0 Å². The molecule has 5 rings (SSSR count). The Morgan fingerprint density at radius 3 is 1.85 bits per heavy atom. The summed E-state index contributed by atoms with van der Waals surface area (Å²) >= 11 is 7.59. The van der Waals surface area contributed by atoms with Gasteiger partial charge in [-0.25, -0.2) is 0 Å². The van der Waals surface area contributed by atoms with Crippen LogP contribution in [0.1, 0.15) is 0 Å². The van der Waals surface area contributed by atoms with Gasteiger partial charge >= 0.3 is 0 Å². The molecule has 128 valence electrons. The third kappa shape index (κ3) is 2.50. The van der Waals surface area contributed by atoms with Crippen molar-refractivity contribution < 1.29 is 0 Å². The molecule has 4 aromatic carbocycles. The number of thioether (sulfide) groups is 4. The largest absolute Gasteiger partial charge is 0.121 e. The normalized spacial score (nSPS) is 15.1. The van der Waals surface area contributed by atoms with E-state index in [0.29, 0.717) is 0 Å². The molecule has 26 heavy (non-hydrogen) atoms. The van der Waals surface area contributed by atoms with Crippen LogP contribution in [-0.4, -0.2) is 12.5 Å². The summed E-state index contributed by atoms with van der Waals surface area (Å²) in [5.41, 5.74) is 0. The van der Waals surface area contributed by atoms with Crippen molar-refractivity contribution in [3.05, 3.63) is 74.4 Å². The van der Waals surface area contributed by atoms with Gasteiger partial charge in [0.1, 0.15) is 0 Å². The molecule has 0 amide bonds. The van der Waals surface area contributed by atoms with Crippen LogP contribution in [0.3, 0.4) is 0 Å². The first-order chi connectivity index (χ1) is 12.8. The van der Waals surface area contributed by atoms with Gasteiger partial charge in [-0.2, -0.15) is 0 Å². The van der Waals surface area contributed by atoms with Crippen molar-refractivity contribution in [2.45, 2.75) is 0 Å². The lowest BCUT2D eigenvalue weighted by Gasteiger charge is -2.12. The molecule has 4 aromatic rings. The minimum atomic E-state index is 1.32. The van der Waals surface area contributed by atoms with E-state index in [4.69, 9.17) is 0 Å². The average Bonchev–Trinajstić information content (AvgIpc) is 3.11. The molecular formula is C22H16S4. The summed E-state index contributed by atoms with van der Waals surface area (Å²) in [4.78, 5) is 0. The summed E-state index contributed by atoms with van der Waals surface area (Å²) in [5.74, 6) is 0. The maximum atomic E-state index is 2.29. The molecule has 1 aliphatic rings. The molecule has 4 heteroatoms. The standard InChI is InChI=1S/C22H16S4/c1-23-21-22(24-2)26-20(25-21)19-16-10-4-3-9-14(16)15-11-5-7-13-8-6-12-17(19)18(13)15/h3-12H,1-2H3. The van der Waals surface area contributed by atoms with Crippen LogP contribution in [0.15, 0.2) is 69.1 Å². The summed E-state index contributed by atoms with van der Waals surface area (Å²) in [5, 5.41) is 9.55. The van der Waals surface area contributed by atoms with E-state index in [1.165, 1.54) is 50.2 Å². The van der Waals surface area contributed by atoms with E-state index in [2.05, 4.69) is 73.2 Å². The molecule has 0 spiro atoms. The lowest BCUT2D eigenvalue weighted by Crippen LogP contribution is -2.07. The van der Waals surface area contributed by atoms with Crippen LogP contribution in [0.25, 0.3) is 36.6 Å². The van der Waals surface area contributed by atoms with E-state index >= 15 is 0 Å².